The fourth-order valence-corrected chi connectivity index (χ4v) is 14.8. The van der Waals surface area contributed by atoms with E-state index in [0.717, 1.165) is 63.6 Å². The van der Waals surface area contributed by atoms with Crippen LogP contribution in [0.2, 0.25) is 0 Å². The Labute approximate surface area is 342 Å². The fraction of sp³-hybridized carbons (Fsp3) is 0.851. The summed E-state index contributed by atoms with van der Waals surface area (Å²) in [7, 11) is 2.05. The predicted molar refractivity (Wildman–Crippen MR) is 219 cm³/mol. The largest absolute Gasteiger partial charge is 0.481 e. The Kier molecular flexibility index (Phi) is 10.1. The van der Waals surface area contributed by atoms with Crippen LogP contribution in [0.1, 0.15) is 140 Å². The van der Waals surface area contributed by atoms with Crippen molar-refractivity contribution in [1.82, 2.24) is 15.1 Å². The molecule has 0 unspecified atom stereocenters. The number of amides is 2. The van der Waals surface area contributed by atoms with Crippen molar-refractivity contribution in [2.24, 2.45) is 68.0 Å². The van der Waals surface area contributed by atoms with Gasteiger partial charge in [0.05, 0.1) is 17.4 Å². The molecule has 0 aromatic heterocycles. The highest BCUT2D eigenvalue weighted by Gasteiger charge is 2.71. The van der Waals surface area contributed by atoms with Crippen molar-refractivity contribution in [3.8, 4) is 0 Å². The van der Waals surface area contributed by atoms with Crippen LogP contribution in [0.25, 0.3) is 0 Å². The van der Waals surface area contributed by atoms with Gasteiger partial charge in [-0.3, -0.25) is 24.0 Å². The molecule has 57 heavy (non-hydrogen) atoms. The Hall–Kier alpha value is -2.75. The monoisotopic (exact) mass is 792 g/mol. The summed E-state index contributed by atoms with van der Waals surface area (Å²) in [4.78, 5) is 72.0. The number of nitrogens with one attached hydrogen (secondary N) is 1. The summed E-state index contributed by atoms with van der Waals surface area (Å²) in [6, 6.07) is 0. The molecular formula is C47H73N3O7. The minimum atomic E-state index is -1.26. The van der Waals surface area contributed by atoms with Crippen LogP contribution in [0.15, 0.2) is 11.1 Å². The number of hydrogen-bond acceptors (Lipinski definition) is 7. The van der Waals surface area contributed by atoms with Gasteiger partial charge in [0, 0.05) is 38.0 Å². The first-order valence-corrected chi connectivity index (χ1v) is 22.3. The molecule has 10 heteroatoms. The van der Waals surface area contributed by atoms with Gasteiger partial charge in [-0.1, -0.05) is 62.3 Å². The zero-order chi connectivity index (χ0) is 42.1. The SMILES string of the molecule is CC(C)C1=C2[C@H]3CC[C@@H]4[C@@]5(C)CC[C@H](OC(=O)[C@H]6C[C@@H](C(=O)O)C6(C)C)C(C)(C)[C@@H]5CC[C@@]4(C)[C@]3(C)CC[C@@]2(NC(=O)C(C)(C)C(=O)N2CCN(C)CC2)CC1=O. The summed E-state index contributed by atoms with van der Waals surface area (Å²) in [5.74, 6) is -1.28. The van der Waals surface area contributed by atoms with E-state index in [-0.39, 0.29) is 69.6 Å². The lowest BCUT2D eigenvalue weighted by molar-refractivity contribution is -0.235. The van der Waals surface area contributed by atoms with E-state index in [1.807, 2.05) is 18.7 Å². The predicted octanol–water partition coefficient (Wildman–Crippen LogP) is 7.29. The molecule has 5 saturated carbocycles. The summed E-state index contributed by atoms with van der Waals surface area (Å²) in [5, 5.41) is 13.2. The highest BCUT2D eigenvalue weighted by molar-refractivity contribution is 6.06. The number of rotatable bonds is 7. The number of hydrogen-bond donors (Lipinski definition) is 2. The van der Waals surface area contributed by atoms with Crippen LogP contribution < -0.4 is 5.32 Å². The number of likely N-dealkylation sites (N-methyl/N-ethyl adjacent to an activating group) is 1. The average Bonchev–Trinajstić information content (AvgIpc) is 3.40. The molecule has 6 fully saturated rings. The Morgan fingerprint density at radius 1 is 0.807 bits per heavy atom. The van der Waals surface area contributed by atoms with Crippen LogP contribution in [-0.4, -0.2) is 89.3 Å². The molecule has 6 aliphatic carbocycles. The van der Waals surface area contributed by atoms with Crippen molar-refractivity contribution in [2.45, 2.75) is 152 Å². The number of esters is 1. The summed E-state index contributed by atoms with van der Waals surface area (Å²) in [5.41, 5.74) is -0.879. The fourth-order valence-electron chi connectivity index (χ4n) is 14.8. The van der Waals surface area contributed by atoms with E-state index in [1.54, 1.807) is 13.8 Å². The van der Waals surface area contributed by atoms with Crippen LogP contribution in [0.4, 0.5) is 0 Å². The third kappa shape index (κ3) is 6.03. The summed E-state index contributed by atoms with van der Waals surface area (Å²) in [6.45, 7) is 26.4. The Morgan fingerprint density at radius 2 is 1.46 bits per heavy atom. The highest BCUT2D eigenvalue weighted by atomic mass is 16.5. The van der Waals surface area contributed by atoms with Gasteiger partial charge in [0.2, 0.25) is 11.8 Å². The van der Waals surface area contributed by atoms with Crippen molar-refractivity contribution < 1.29 is 33.8 Å². The van der Waals surface area contributed by atoms with Gasteiger partial charge < -0.3 is 25.0 Å². The first-order valence-electron chi connectivity index (χ1n) is 22.3. The standard InChI is InChI=1S/C47H73N3O7/c1-27(2)35-31(51)26-47(48-39(55)43(7,8)40(56)50-23-21-49(12)22-24-50)20-19-45(10)28(36(35)47)13-14-33-44(9)17-16-34(42(5,6)32(44)15-18-46(33,45)11)57-38(54)30-25-29(37(52)53)41(30,3)4/h27-30,32-34H,13-26H2,1-12H3,(H,48,55)(H,52,53)/t28-,29+,30-,32+,33-,34+,44+,45-,46-,47-/m1/s1. The van der Waals surface area contributed by atoms with Crippen molar-refractivity contribution >= 4 is 29.5 Å². The smallest absolute Gasteiger partial charge is 0.309 e. The Bertz CT molecular complexity index is 1760. The zero-order valence-corrected chi connectivity index (χ0v) is 37.2. The van der Waals surface area contributed by atoms with Crippen LogP contribution >= 0.6 is 0 Å². The number of piperazine rings is 1. The Morgan fingerprint density at radius 3 is 2.05 bits per heavy atom. The molecule has 318 valence electrons. The van der Waals surface area contributed by atoms with Gasteiger partial charge in [-0.25, -0.2) is 0 Å². The molecule has 0 bridgehead atoms. The first-order chi connectivity index (χ1) is 26.3. The normalized spacial score (nSPS) is 41.3. The number of carboxylic acids is 1. The summed E-state index contributed by atoms with van der Waals surface area (Å²) < 4.78 is 6.42. The van der Waals surface area contributed by atoms with Gasteiger partial charge in [0.1, 0.15) is 11.5 Å². The zero-order valence-electron chi connectivity index (χ0n) is 37.2. The molecule has 1 saturated heterocycles. The number of ether oxygens (including phenoxy) is 1. The number of aliphatic carboxylic acids is 1. The molecule has 0 aromatic carbocycles. The minimum Gasteiger partial charge on any atom is -0.481 e. The third-order valence-electron chi connectivity index (χ3n) is 18.7. The molecule has 1 heterocycles. The van der Waals surface area contributed by atoms with Crippen molar-refractivity contribution in [3.63, 3.8) is 0 Å². The molecule has 10 atom stereocenters. The van der Waals surface area contributed by atoms with Crippen molar-refractivity contribution in [2.75, 3.05) is 33.2 Å². The minimum absolute atomic E-state index is 0.00386. The molecular weight excluding hydrogens is 719 g/mol. The van der Waals surface area contributed by atoms with E-state index < -0.39 is 34.2 Å². The molecule has 2 N–H and O–H groups in total. The van der Waals surface area contributed by atoms with E-state index >= 15 is 0 Å². The first kappa shape index (κ1) is 42.4. The Balaban J connectivity index is 1.14. The number of nitrogens with zero attached hydrogens (tertiary/aromatic N) is 2. The van der Waals surface area contributed by atoms with Gasteiger partial charge in [-0.05, 0) is 135 Å². The lowest BCUT2D eigenvalue weighted by Crippen LogP contribution is -2.68. The van der Waals surface area contributed by atoms with E-state index in [4.69, 9.17) is 4.74 Å². The summed E-state index contributed by atoms with van der Waals surface area (Å²) >= 11 is 0. The van der Waals surface area contributed by atoms with E-state index in [1.165, 1.54) is 5.57 Å². The van der Waals surface area contributed by atoms with Crippen LogP contribution in [-0.2, 0) is 28.7 Å². The molecule has 7 aliphatic rings. The van der Waals surface area contributed by atoms with Gasteiger partial charge in [0.15, 0.2) is 5.78 Å². The topological polar surface area (TPSA) is 133 Å². The van der Waals surface area contributed by atoms with Gasteiger partial charge in [-0.15, -0.1) is 0 Å². The lowest BCUT2D eigenvalue weighted by atomic mass is 9.33. The molecule has 2 amide bonds. The van der Waals surface area contributed by atoms with Gasteiger partial charge in [0.25, 0.3) is 0 Å². The third-order valence-corrected chi connectivity index (χ3v) is 18.7. The number of carbonyl (C=O) groups excluding carboxylic acids is 4. The van der Waals surface area contributed by atoms with Gasteiger partial charge >= 0.3 is 11.9 Å². The number of carbonyl (C=O) groups is 5. The maximum absolute atomic E-state index is 14.5. The summed E-state index contributed by atoms with van der Waals surface area (Å²) in [6.07, 6.45) is 7.84. The van der Waals surface area contributed by atoms with Gasteiger partial charge in [-0.2, -0.15) is 0 Å². The van der Waals surface area contributed by atoms with Crippen molar-refractivity contribution in [3.05, 3.63) is 11.1 Å². The number of fused-ring (bicyclic) bond motifs is 7. The average molecular weight is 792 g/mol. The van der Waals surface area contributed by atoms with Crippen molar-refractivity contribution in [1.29, 1.82) is 0 Å². The maximum Gasteiger partial charge on any atom is 0.309 e. The molecule has 0 radical (unpaired) electrons. The van der Waals surface area contributed by atoms with E-state index in [0.29, 0.717) is 37.8 Å². The molecule has 1 aliphatic heterocycles. The highest BCUT2D eigenvalue weighted by Crippen LogP contribution is 2.76. The molecule has 0 aromatic rings. The second kappa shape index (κ2) is 13.6. The van der Waals surface area contributed by atoms with E-state index in [2.05, 4.69) is 65.7 Å². The van der Waals surface area contributed by atoms with Crippen LogP contribution in [0, 0.1) is 68.0 Å². The second-order valence-corrected chi connectivity index (χ2v) is 22.7. The maximum atomic E-state index is 14.5. The molecule has 10 nitrogen and oxygen atoms in total. The number of allylic oxidation sites excluding steroid dienone is 1. The molecule has 0 spiro atoms. The van der Waals surface area contributed by atoms with Crippen LogP contribution in [0.3, 0.4) is 0 Å². The number of carboxylic acid groups (broad SMARTS) is 1. The lowest BCUT2D eigenvalue weighted by Gasteiger charge is -2.72. The quantitative estimate of drug-likeness (QED) is 0.203. The van der Waals surface area contributed by atoms with Crippen LogP contribution in [0.5, 0.6) is 0 Å². The molecule has 7 rings (SSSR count). The van der Waals surface area contributed by atoms with E-state index in [9.17, 15) is 29.1 Å². The number of ketones is 1. The number of Topliss-reactive ketones (excluding diaryl/α,β-unsaturated/α-hetero) is 1. The second-order valence-electron chi connectivity index (χ2n) is 22.7.